The highest BCUT2D eigenvalue weighted by Crippen LogP contribution is 2.18. The van der Waals surface area contributed by atoms with E-state index in [0.29, 0.717) is 11.3 Å². The molecule has 0 aliphatic heterocycles. The van der Waals surface area contributed by atoms with Crippen molar-refractivity contribution in [2.75, 3.05) is 12.4 Å². The van der Waals surface area contributed by atoms with Crippen molar-refractivity contribution in [2.24, 2.45) is 0 Å². The number of nitrogens with zero attached hydrogens (tertiary/aromatic N) is 1. The second-order valence-electron chi connectivity index (χ2n) is 4.20. The number of carbonyl (C=O) groups is 1. The monoisotopic (exact) mass is 276 g/mol. The van der Waals surface area contributed by atoms with Crippen molar-refractivity contribution in [3.05, 3.63) is 45.3 Å². The number of thiophene rings is 1. The molecule has 0 aliphatic carbocycles. The van der Waals surface area contributed by atoms with Crippen LogP contribution in [0.4, 0.5) is 5.82 Å². The number of aryl methyl sites for hydroxylation is 2. The minimum Gasteiger partial charge on any atom is -0.465 e. The summed E-state index contributed by atoms with van der Waals surface area (Å²) >= 11 is 1.72. The first-order chi connectivity index (χ1) is 9.11. The summed E-state index contributed by atoms with van der Waals surface area (Å²) < 4.78 is 4.69. The number of nitrogens with one attached hydrogen (secondary N) is 1. The Hall–Kier alpha value is -1.88. The molecule has 0 spiro atoms. The van der Waals surface area contributed by atoms with E-state index in [-0.39, 0.29) is 5.97 Å². The Kier molecular flexibility index (Phi) is 4.16. The lowest BCUT2D eigenvalue weighted by Crippen LogP contribution is -2.07. The van der Waals surface area contributed by atoms with Crippen LogP contribution in [0.1, 0.15) is 26.5 Å². The molecule has 0 fully saturated rings. The van der Waals surface area contributed by atoms with Crippen LogP contribution < -0.4 is 5.32 Å². The Morgan fingerprint density at radius 2 is 2.16 bits per heavy atom. The average molecular weight is 276 g/mol. The van der Waals surface area contributed by atoms with Crippen molar-refractivity contribution in [3.63, 3.8) is 0 Å². The molecule has 0 aromatic carbocycles. The van der Waals surface area contributed by atoms with Gasteiger partial charge in [-0.1, -0.05) is 0 Å². The molecule has 0 aliphatic rings. The second-order valence-corrected chi connectivity index (χ2v) is 5.20. The van der Waals surface area contributed by atoms with Gasteiger partial charge >= 0.3 is 5.97 Å². The van der Waals surface area contributed by atoms with E-state index in [2.05, 4.69) is 28.7 Å². The average Bonchev–Trinajstić information content (AvgIpc) is 2.81. The lowest BCUT2D eigenvalue weighted by molar-refractivity contribution is 0.0599. The van der Waals surface area contributed by atoms with Gasteiger partial charge in [-0.3, -0.25) is 0 Å². The molecule has 0 unspecified atom stereocenters. The van der Waals surface area contributed by atoms with Gasteiger partial charge in [0, 0.05) is 4.88 Å². The topological polar surface area (TPSA) is 51.2 Å². The van der Waals surface area contributed by atoms with Crippen molar-refractivity contribution in [3.8, 4) is 0 Å². The first-order valence-electron chi connectivity index (χ1n) is 5.94. The molecule has 1 N–H and O–H groups in total. The smallest absolute Gasteiger partial charge is 0.339 e. The quantitative estimate of drug-likeness (QED) is 0.872. The van der Waals surface area contributed by atoms with Crippen LogP contribution in [0.3, 0.4) is 0 Å². The van der Waals surface area contributed by atoms with Gasteiger partial charge in [0.05, 0.1) is 24.9 Å². The lowest BCUT2D eigenvalue weighted by atomic mass is 10.2. The molecule has 0 amide bonds. The maximum absolute atomic E-state index is 11.5. The number of pyridine rings is 1. The third-order valence-electron chi connectivity index (χ3n) is 2.89. The van der Waals surface area contributed by atoms with Gasteiger partial charge in [-0.15, -0.1) is 11.3 Å². The summed E-state index contributed by atoms with van der Waals surface area (Å²) in [5.41, 5.74) is 2.44. The Balaban J connectivity index is 2.08. The summed E-state index contributed by atoms with van der Waals surface area (Å²) in [6.45, 7) is 4.63. The highest BCUT2D eigenvalue weighted by molar-refractivity contribution is 7.10. The molecule has 0 radical (unpaired) electrons. The first-order valence-corrected chi connectivity index (χ1v) is 6.82. The highest BCUT2D eigenvalue weighted by atomic mass is 32.1. The van der Waals surface area contributed by atoms with Crippen molar-refractivity contribution in [2.45, 2.75) is 20.4 Å². The van der Waals surface area contributed by atoms with Crippen molar-refractivity contribution in [1.82, 2.24) is 4.98 Å². The Labute approximate surface area is 116 Å². The van der Waals surface area contributed by atoms with E-state index < -0.39 is 0 Å². The van der Waals surface area contributed by atoms with Gasteiger partial charge in [0.15, 0.2) is 0 Å². The number of hydrogen-bond donors (Lipinski definition) is 1. The normalized spacial score (nSPS) is 10.3. The van der Waals surface area contributed by atoms with Gasteiger partial charge < -0.3 is 10.1 Å². The van der Waals surface area contributed by atoms with Gasteiger partial charge in [0.25, 0.3) is 0 Å². The van der Waals surface area contributed by atoms with Gasteiger partial charge in [-0.05, 0) is 43.0 Å². The van der Waals surface area contributed by atoms with Gasteiger partial charge in [-0.2, -0.15) is 0 Å². The SMILES string of the molecule is COC(=O)c1ccc(NCc2sccc2C)nc1C. The second kappa shape index (κ2) is 5.84. The van der Waals surface area contributed by atoms with Crippen LogP contribution in [0, 0.1) is 13.8 Å². The summed E-state index contributed by atoms with van der Waals surface area (Å²) in [6.07, 6.45) is 0. The number of esters is 1. The molecular weight excluding hydrogens is 260 g/mol. The molecule has 19 heavy (non-hydrogen) atoms. The van der Waals surface area contributed by atoms with E-state index in [9.17, 15) is 4.79 Å². The van der Waals surface area contributed by atoms with Crippen LogP contribution in [0.15, 0.2) is 23.6 Å². The van der Waals surface area contributed by atoms with E-state index in [4.69, 9.17) is 4.74 Å². The summed E-state index contributed by atoms with van der Waals surface area (Å²) in [4.78, 5) is 17.1. The predicted molar refractivity (Wildman–Crippen MR) is 76.7 cm³/mol. The molecule has 2 heterocycles. The zero-order valence-corrected chi connectivity index (χ0v) is 12.0. The summed E-state index contributed by atoms with van der Waals surface area (Å²) in [7, 11) is 1.37. The summed E-state index contributed by atoms with van der Waals surface area (Å²) in [5.74, 6) is 0.406. The third-order valence-corrected chi connectivity index (χ3v) is 3.91. The maximum Gasteiger partial charge on any atom is 0.339 e. The predicted octanol–water partition coefficient (Wildman–Crippen LogP) is 3.16. The van der Waals surface area contributed by atoms with Crippen molar-refractivity contribution >= 4 is 23.1 Å². The van der Waals surface area contributed by atoms with Crippen LogP contribution in [-0.2, 0) is 11.3 Å². The minimum absolute atomic E-state index is 0.356. The first kappa shape index (κ1) is 13.5. The van der Waals surface area contributed by atoms with E-state index in [1.54, 1.807) is 30.4 Å². The molecule has 100 valence electrons. The van der Waals surface area contributed by atoms with Crippen LogP contribution in [0.25, 0.3) is 0 Å². The summed E-state index contributed by atoms with van der Waals surface area (Å²) in [5, 5.41) is 5.33. The maximum atomic E-state index is 11.5. The number of carbonyl (C=O) groups excluding carboxylic acids is 1. The number of methoxy groups -OCH3 is 1. The fourth-order valence-electron chi connectivity index (χ4n) is 1.74. The van der Waals surface area contributed by atoms with Crippen LogP contribution >= 0.6 is 11.3 Å². The van der Waals surface area contributed by atoms with Crippen LogP contribution in [0.2, 0.25) is 0 Å². The molecule has 4 nitrogen and oxygen atoms in total. The molecule has 5 heteroatoms. The van der Waals surface area contributed by atoms with Crippen LogP contribution in [0.5, 0.6) is 0 Å². The third kappa shape index (κ3) is 3.12. The van der Waals surface area contributed by atoms with Crippen LogP contribution in [-0.4, -0.2) is 18.1 Å². The largest absolute Gasteiger partial charge is 0.465 e. The number of rotatable bonds is 4. The molecular formula is C14H16N2O2S. The Bertz CT molecular complexity index is 593. The molecule has 2 aromatic rings. The zero-order chi connectivity index (χ0) is 13.8. The Morgan fingerprint density at radius 1 is 1.37 bits per heavy atom. The van der Waals surface area contributed by atoms with E-state index in [0.717, 1.165) is 12.4 Å². The van der Waals surface area contributed by atoms with Gasteiger partial charge in [-0.25, -0.2) is 9.78 Å². The van der Waals surface area contributed by atoms with Gasteiger partial charge in [0.2, 0.25) is 0 Å². The van der Waals surface area contributed by atoms with Crippen molar-refractivity contribution in [1.29, 1.82) is 0 Å². The fourth-order valence-corrected chi connectivity index (χ4v) is 2.59. The van der Waals surface area contributed by atoms with Crippen molar-refractivity contribution < 1.29 is 9.53 Å². The zero-order valence-electron chi connectivity index (χ0n) is 11.2. The number of anilines is 1. The Morgan fingerprint density at radius 3 is 2.74 bits per heavy atom. The molecule has 0 atom stereocenters. The molecule has 0 bridgehead atoms. The molecule has 2 rings (SSSR count). The van der Waals surface area contributed by atoms with E-state index >= 15 is 0 Å². The fraction of sp³-hybridized carbons (Fsp3) is 0.286. The number of ether oxygens (including phenoxy) is 1. The van der Waals surface area contributed by atoms with E-state index in [1.807, 2.05) is 0 Å². The lowest BCUT2D eigenvalue weighted by Gasteiger charge is -2.08. The molecule has 0 saturated carbocycles. The van der Waals surface area contributed by atoms with E-state index in [1.165, 1.54) is 17.6 Å². The standard InChI is InChI=1S/C14H16N2O2S/c1-9-6-7-19-12(9)8-15-13-5-4-11(10(2)16-13)14(17)18-3/h4-7H,8H2,1-3H3,(H,15,16). The summed E-state index contributed by atoms with van der Waals surface area (Å²) in [6, 6.07) is 5.63. The number of aromatic nitrogens is 1. The highest BCUT2D eigenvalue weighted by Gasteiger charge is 2.10. The number of hydrogen-bond acceptors (Lipinski definition) is 5. The molecule has 0 saturated heterocycles. The molecule has 2 aromatic heterocycles. The minimum atomic E-state index is -0.356. The van der Waals surface area contributed by atoms with Gasteiger partial charge in [0.1, 0.15) is 5.82 Å².